The Bertz CT molecular complexity index is 646. The highest BCUT2D eigenvalue weighted by Gasteiger charge is 2.16. The van der Waals surface area contributed by atoms with Gasteiger partial charge in [-0.3, -0.25) is 0 Å². The molecule has 2 aromatic heterocycles. The number of aryl methyl sites for hydroxylation is 1. The number of rotatable bonds is 5. The lowest BCUT2D eigenvalue weighted by molar-refractivity contribution is -0.131. The molecule has 6 nitrogen and oxygen atoms in total. The van der Waals surface area contributed by atoms with Gasteiger partial charge in [0.05, 0.1) is 4.47 Å². The van der Waals surface area contributed by atoms with Gasteiger partial charge in [-0.05, 0) is 49.7 Å². The van der Waals surface area contributed by atoms with Gasteiger partial charge in [0.25, 0.3) is 5.22 Å². The van der Waals surface area contributed by atoms with Crippen LogP contribution >= 0.6 is 43.6 Å². The Hall–Kier alpha value is -1.06. The average molecular weight is 424 g/mol. The van der Waals surface area contributed by atoms with E-state index in [0.717, 1.165) is 11.8 Å². The summed E-state index contributed by atoms with van der Waals surface area (Å²) in [4.78, 5) is 11.3. The van der Waals surface area contributed by atoms with Crippen molar-refractivity contribution < 1.29 is 18.7 Å². The van der Waals surface area contributed by atoms with Crippen molar-refractivity contribution in [1.29, 1.82) is 0 Å². The summed E-state index contributed by atoms with van der Waals surface area (Å²) >= 11 is 7.32. The quantitative estimate of drug-likeness (QED) is 0.574. The Morgan fingerprint density at radius 2 is 2.20 bits per heavy atom. The number of aliphatic carboxylic acids is 1. The molecule has 0 spiro atoms. The van der Waals surface area contributed by atoms with Crippen molar-refractivity contribution in [1.82, 2.24) is 10.2 Å². The monoisotopic (exact) mass is 422 g/mol. The fraction of sp³-hybridized carbons (Fsp3) is 0.182. The number of furan rings is 1. The Kier molecular flexibility index (Phi) is 5.06. The maximum absolute atomic E-state index is 11.2. The Morgan fingerprint density at radius 3 is 2.70 bits per heavy atom. The molecule has 0 saturated heterocycles. The van der Waals surface area contributed by atoms with Crippen LogP contribution in [0.1, 0.15) is 18.6 Å². The predicted molar refractivity (Wildman–Crippen MR) is 79.3 cm³/mol. The number of nitrogens with zero attached hydrogens (tertiary/aromatic N) is 2. The van der Waals surface area contributed by atoms with E-state index in [9.17, 15) is 9.90 Å². The van der Waals surface area contributed by atoms with Crippen LogP contribution < -0.4 is 0 Å². The Morgan fingerprint density at radius 1 is 1.45 bits per heavy atom. The number of carboxylic acids is 1. The van der Waals surface area contributed by atoms with E-state index < -0.39 is 5.97 Å². The fourth-order valence-electron chi connectivity index (χ4n) is 1.21. The minimum absolute atomic E-state index is 0.0186. The van der Waals surface area contributed by atoms with Gasteiger partial charge in [-0.2, -0.15) is 0 Å². The Balaban J connectivity index is 2.24. The summed E-state index contributed by atoms with van der Waals surface area (Å²) in [6.45, 7) is 1.87. The SMILES string of the molecule is CCc1nnc(S/C(=C\c2cc(Br)c(Br)o2)C(=O)O)o1. The third-order valence-electron chi connectivity index (χ3n) is 2.10. The molecule has 2 aromatic rings. The lowest BCUT2D eigenvalue weighted by Gasteiger charge is -1.96. The molecule has 2 heterocycles. The van der Waals surface area contributed by atoms with E-state index >= 15 is 0 Å². The van der Waals surface area contributed by atoms with Gasteiger partial charge in [0.15, 0.2) is 4.67 Å². The first kappa shape index (κ1) is 15.3. The number of hydrogen-bond donors (Lipinski definition) is 1. The number of thioether (sulfide) groups is 1. The molecule has 0 aromatic carbocycles. The van der Waals surface area contributed by atoms with Crippen LogP contribution in [0.3, 0.4) is 0 Å². The van der Waals surface area contributed by atoms with E-state index in [1.807, 2.05) is 6.92 Å². The van der Waals surface area contributed by atoms with Crippen LogP contribution in [0.25, 0.3) is 6.08 Å². The molecule has 2 rings (SSSR count). The van der Waals surface area contributed by atoms with Crippen LogP contribution in [0.4, 0.5) is 0 Å². The largest absolute Gasteiger partial charge is 0.477 e. The summed E-state index contributed by atoms with van der Waals surface area (Å²) in [7, 11) is 0. The number of carboxylic acid groups (broad SMARTS) is 1. The molecule has 0 atom stereocenters. The van der Waals surface area contributed by atoms with Gasteiger partial charge < -0.3 is 13.9 Å². The summed E-state index contributed by atoms with van der Waals surface area (Å²) in [5.74, 6) is -0.250. The summed E-state index contributed by atoms with van der Waals surface area (Å²) in [5, 5.41) is 16.9. The third-order valence-corrected chi connectivity index (χ3v) is 4.66. The molecule has 0 aliphatic rings. The molecular formula is C11H8Br2N2O4S. The average Bonchev–Trinajstić information content (AvgIpc) is 2.96. The van der Waals surface area contributed by atoms with Gasteiger partial charge in [-0.15, -0.1) is 10.2 Å². The molecule has 0 aliphatic heterocycles. The smallest absolute Gasteiger partial charge is 0.342 e. The maximum atomic E-state index is 11.2. The number of hydrogen-bond acceptors (Lipinski definition) is 6. The number of carbonyl (C=O) groups is 1. The summed E-state index contributed by atoms with van der Waals surface area (Å²) in [5.41, 5.74) is 0. The van der Waals surface area contributed by atoms with Crippen LogP contribution in [0.15, 0.2) is 34.2 Å². The first-order valence-electron chi connectivity index (χ1n) is 5.39. The summed E-state index contributed by atoms with van der Waals surface area (Å²) < 4.78 is 11.8. The predicted octanol–water partition coefficient (Wildman–Crippen LogP) is 3.97. The number of aromatic nitrogens is 2. The second kappa shape index (κ2) is 6.59. The van der Waals surface area contributed by atoms with Crippen LogP contribution in [0.5, 0.6) is 0 Å². The normalized spacial score (nSPS) is 11.8. The van der Waals surface area contributed by atoms with E-state index in [1.165, 1.54) is 6.08 Å². The van der Waals surface area contributed by atoms with Crippen molar-refractivity contribution in [3.63, 3.8) is 0 Å². The molecule has 0 amide bonds. The summed E-state index contributed by atoms with van der Waals surface area (Å²) in [6, 6.07) is 1.65. The minimum Gasteiger partial charge on any atom is -0.477 e. The molecule has 0 unspecified atom stereocenters. The third kappa shape index (κ3) is 3.74. The second-order valence-corrected chi connectivity index (χ2v) is 6.07. The molecule has 1 N–H and O–H groups in total. The standard InChI is InChI=1S/C11H8Br2N2O4S/c1-2-8-14-15-11(19-8)20-7(10(16)17)4-5-3-6(12)9(13)18-5/h3-4H,2H2,1H3,(H,16,17)/b7-4-. The zero-order valence-corrected chi connectivity index (χ0v) is 14.1. The first-order valence-corrected chi connectivity index (χ1v) is 7.80. The first-order chi connectivity index (χ1) is 9.49. The highest BCUT2D eigenvalue weighted by molar-refractivity contribution is 9.13. The highest BCUT2D eigenvalue weighted by Crippen LogP contribution is 2.31. The molecule has 9 heteroatoms. The van der Waals surface area contributed by atoms with E-state index in [4.69, 9.17) is 8.83 Å². The van der Waals surface area contributed by atoms with Gasteiger partial charge in [0.2, 0.25) is 5.89 Å². The number of halogens is 2. The van der Waals surface area contributed by atoms with Crippen molar-refractivity contribution >= 4 is 55.7 Å². The molecular weight excluding hydrogens is 416 g/mol. The van der Waals surface area contributed by atoms with E-state index in [1.54, 1.807) is 6.07 Å². The lowest BCUT2D eigenvalue weighted by atomic mass is 10.4. The van der Waals surface area contributed by atoms with Gasteiger partial charge in [-0.25, -0.2) is 4.79 Å². The second-order valence-electron chi connectivity index (χ2n) is 3.50. The highest BCUT2D eigenvalue weighted by atomic mass is 79.9. The van der Waals surface area contributed by atoms with Gasteiger partial charge in [-0.1, -0.05) is 6.92 Å². The van der Waals surface area contributed by atoms with Crippen molar-refractivity contribution in [3.8, 4) is 0 Å². The van der Waals surface area contributed by atoms with Crippen molar-refractivity contribution in [2.45, 2.75) is 18.6 Å². The van der Waals surface area contributed by atoms with Crippen LogP contribution in [-0.2, 0) is 11.2 Å². The Labute approximate surface area is 134 Å². The molecule has 20 heavy (non-hydrogen) atoms. The van der Waals surface area contributed by atoms with Gasteiger partial charge in [0.1, 0.15) is 10.7 Å². The molecule has 0 fully saturated rings. The van der Waals surface area contributed by atoms with Crippen molar-refractivity contribution in [2.24, 2.45) is 0 Å². The molecule has 0 saturated carbocycles. The van der Waals surface area contributed by atoms with Crippen molar-refractivity contribution in [2.75, 3.05) is 0 Å². The van der Waals surface area contributed by atoms with Crippen LogP contribution in [0, 0.1) is 0 Å². The zero-order valence-electron chi connectivity index (χ0n) is 10.1. The van der Waals surface area contributed by atoms with E-state index in [-0.39, 0.29) is 10.1 Å². The molecule has 0 radical (unpaired) electrons. The van der Waals surface area contributed by atoms with Crippen molar-refractivity contribution in [3.05, 3.63) is 31.8 Å². The molecule has 0 bridgehead atoms. The van der Waals surface area contributed by atoms with Gasteiger partial charge in [0, 0.05) is 12.5 Å². The lowest BCUT2D eigenvalue weighted by Crippen LogP contribution is -1.96. The zero-order chi connectivity index (χ0) is 14.7. The van der Waals surface area contributed by atoms with Crippen LogP contribution in [-0.4, -0.2) is 21.3 Å². The van der Waals surface area contributed by atoms with Gasteiger partial charge >= 0.3 is 5.97 Å². The van der Waals surface area contributed by atoms with E-state index in [0.29, 0.717) is 27.2 Å². The molecule has 106 valence electrons. The molecule has 0 aliphatic carbocycles. The topological polar surface area (TPSA) is 89.4 Å². The van der Waals surface area contributed by atoms with Crippen LogP contribution in [0.2, 0.25) is 0 Å². The summed E-state index contributed by atoms with van der Waals surface area (Å²) in [6.07, 6.45) is 1.98. The minimum atomic E-state index is -1.10. The van der Waals surface area contributed by atoms with E-state index in [2.05, 4.69) is 42.1 Å². The fourth-order valence-corrected chi connectivity index (χ4v) is 2.49. The maximum Gasteiger partial charge on any atom is 0.342 e.